The average Bonchev–Trinajstić information content (AvgIpc) is 2.83. The van der Waals surface area contributed by atoms with Gasteiger partial charge in [-0.05, 0) is 74.8 Å². The third-order valence-electron chi connectivity index (χ3n) is 5.78. The van der Waals surface area contributed by atoms with Gasteiger partial charge in [0.15, 0.2) is 0 Å². The number of aryl methyl sites for hydroxylation is 1. The number of amides is 3. The minimum atomic E-state index is -0.178. The topological polar surface area (TPSA) is 113 Å². The maximum absolute atomic E-state index is 12.3. The lowest BCUT2D eigenvalue weighted by Crippen LogP contribution is -2.32. The van der Waals surface area contributed by atoms with E-state index in [0.29, 0.717) is 6.42 Å². The largest absolute Gasteiger partial charge is 0.326 e. The van der Waals surface area contributed by atoms with Crippen LogP contribution in [0.5, 0.6) is 0 Å². The Bertz CT molecular complexity index is 1000. The number of hydrogen-bond acceptors (Lipinski definition) is 4. The zero-order chi connectivity index (χ0) is 23.5. The first kappa shape index (κ1) is 24.2. The summed E-state index contributed by atoms with van der Waals surface area (Å²) in [6.07, 6.45) is 6.45. The number of allylic oxidation sites excluding steroid dienone is 1. The van der Waals surface area contributed by atoms with E-state index in [1.54, 1.807) is 0 Å². The molecule has 0 heterocycles. The highest BCUT2D eigenvalue weighted by Gasteiger charge is 2.18. The first-order valence-electron chi connectivity index (χ1n) is 11.5. The standard InChI is InChI=1S/C26H32N4O3/c27-30-26(33)23-13-5-4-9-20(23)17-16-19-8-6-12-22(18-19)29-25(32)15-7-14-24(31)28-21-10-2-1-3-11-21/h1-3,6,8,10-12,18H,4-5,7,9,13-17,27H2,(H,28,31)(H,29,32)(H,30,33). The molecule has 0 bridgehead atoms. The minimum Gasteiger partial charge on any atom is -0.326 e. The van der Waals surface area contributed by atoms with Gasteiger partial charge in [-0.25, -0.2) is 5.84 Å². The summed E-state index contributed by atoms with van der Waals surface area (Å²) in [6, 6.07) is 17.0. The molecule has 0 unspecified atom stereocenters. The second kappa shape index (κ2) is 12.6. The lowest BCUT2D eigenvalue weighted by Gasteiger charge is -2.19. The van der Waals surface area contributed by atoms with Crippen LogP contribution < -0.4 is 21.9 Å². The monoisotopic (exact) mass is 448 g/mol. The number of nitrogens with one attached hydrogen (secondary N) is 3. The Morgan fingerprint density at radius 1 is 0.788 bits per heavy atom. The number of hydrogen-bond donors (Lipinski definition) is 4. The van der Waals surface area contributed by atoms with Gasteiger partial charge in [-0.15, -0.1) is 0 Å². The van der Waals surface area contributed by atoms with Crippen LogP contribution in [-0.4, -0.2) is 17.7 Å². The number of para-hydroxylation sites is 1. The van der Waals surface area contributed by atoms with Gasteiger partial charge in [-0.3, -0.25) is 19.8 Å². The van der Waals surface area contributed by atoms with Crippen molar-refractivity contribution in [1.29, 1.82) is 0 Å². The number of carbonyl (C=O) groups excluding carboxylic acids is 3. The minimum absolute atomic E-state index is 0.101. The van der Waals surface area contributed by atoms with Crippen LogP contribution in [0.1, 0.15) is 56.9 Å². The molecule has 0 aliphatic heterocycles. The van der Waals surface area contributed by atoms with Crippen molar-refractivity contribution in [2.45, 2.75) is 57.8 Å². The number of rotatable bonds is 10. The molecule has 5 N–H and O–H groups in total. The first-order valence-corrected chi connectivity index (χ1v) is 11.5. The Kier molecular flexibility index (Phi) is 9.20. The number of hydrazine groups is 1. The van der Waals surface area contributed by atoms with Gasteiger partial charge in [0.25, 0.3) is 5.91 Å². The molecule has 33 heavy (non-hydrogen) atoms. The van der Waals surface area contributed by atoms with Crippen LogP contribution >= 0.6 is 0 Å². The predicted octanol–water partition coefficient (Wildman–Crippen LogP) is 4.23. The molecule has 0 atom stereocenters. The molecule has 0 saturated carbocycles. The molecule has 0 fully saturated rings. The SMILES string of the molecule is NNC(=O)C1=C(CCc2cccc(NC(=O)CCCC(=O)Nc3ccccc3)c2)CCCC1. The zero-order valence-electron chi connectivity index (χ0n) is 18.9. The van der Waals surface area contributed by atoms with Crippen molar-refractivity contribution in [2.75, 3.05) is 10.6 Å². The molecule has 7 nitrogen and oxygen atoms in total. The summed E-state index contributed by atoms with van der Waals surface area (Å²) in [6.45, 7) is 0. The van der Waals surface area contributed by atoms with Gasteiger partial charge < -0.3 is 10.6 Å². The molecule has 0 spiro atoms. The lowest BCUT2D eigenvalue weighted by atomic mass is 9.88. The second-order valence-electron chi connectivity index (χ2n) is 8.28. The predicted molar refractivity (Wildman–Crippen MR) is 130 cm³/mol. The molecular weight excluding hydrogens is 416 g/mol. The van der Waals surface area contributed by atoms with Crippen LogP contribution in [0.4, 0.5) is 11.4 Å². The summed E-state index contributed by atoms with van der Waals surface area (Å²) in [7, 11) is 0. The molecule has 1 aliphatic carbocycles. The van der Waals surface area contributed by atoms with Crippen LogP contribution in [0.25, 0.3) is 0 Å². The van der Waals surface area contributed by atoms with Gasteiger partial charge >= 0.3 is 0 Å². The van der Waals surface area contributed by atoms with Gasteiger partial charge in [0.05, 0.1) is 0 Å². The number of nitrogens with two attached hydrogens (primary N) is 1. The third-order valence-corrected chi connectivity index (χ3v) is 5.78. The molecule has 0 aromatic heterocycles. The van der Waals surface area contributed by atoms with Crippen LogP contribution in [0.2, 0.25) is 0 Å². The second-order valence-corrected chi connectivity index (χ2v) is 8.28. The molecule has 0 radical (unpaired) electrons. The Hall–Kier alpha value is -3.45. The molecular formula is C26H32N4O3. The summed E-state index contributed by atoms with van der Waals surface area (Å²) in [5.74, 6) is 4.94. The smallest absolute Gasteiger partial charge is 0.261 e. The maximum atomic E-state index is 12.3. The van der Waals surface area contributed by atoms with Crippen LogP contribution in [0.3, 0.4) is 0 Å². The van der Waals surface area contributed by atoms with Gasteiger partial charge in [0, 0.05) is 29.8 Å². The first-order chi connectivity index (χ1) is 16.0. The Morgan fingerprint density at radius 3 is 2.18 bits per heavy atom. The van der Waals surface area contributed by atoms with Crippen molar-refractivity contribution in [3.05, 3.63) is 71.3 Å². The summed E-state index contributed by atoms with van der Waals surface area (Å²) < 4.78 is 0. The summed E-state index contributed by atoms with van der Waals surface area (Å²) >= 11 is 0. The fourth-order valence-corrected chi connectivity index (χ4v) is 4.08. The summed E-state index contributed by atoms with van der Waals surface area (Å²) in [4.78, 5) is 36.3. The van der Waals surface area contributed by atoms with E-state index in [-0.39, 0.29) is 30.6 Å². The molecule has 3 rings (SSSR count). The van der Waals surface area contributed by atoms with E-state index < -0.39 is 0 Å². The van der Waals surface area contributed by atoms with Crippen molar-refractivity contribution in [2.24, 2.45) is 5.84 Å². The molecule has 2 aromatic rings. The highest BCUT2D eigenvalue weighted by molar-refractivity contribution is 5.94. The van der Waals surface area contributed by atoms with Gasteiger partial charge in [0.1, 0.15) is 0 Å². The van der Waals surface area contributed by atoms with Gasteiger partial charge in [-0.2, -0.15) is 0 Å². The van der Waals surface area contributed by atoms with E-state index in [9.17, 15) is 14.4 Å². The van der Waals surface area contributed by atoms with Crippen molar-refractivity contribution in [1.82, 2.24) is 5.43 Å². The third kappa shape index (κ3) is 7.88. The number of anilines is 2. The van der Waals surface area contributed by atoms with Crippen LogP contribution in [-0.2, 0) is 20.8 Å². The van der Waals surface area contributed by atoms with Crippen molar-refractivity contribution < 1.29 is 14.4 Å². The fourth-order valence-electron chi connectivity index (χ4n) is 4.08. The van der Waals surface area contributed by atoms with E-state index in [1.165, 1.54) is 5.57 Å². The van der Waals surface area contributed by atoms with E-state index in [0.717, 1.165) is 61.0 Å². The van der Waals surface area contributed by atoms with Gasteiger partial charge in [-0.1, -0.05) is 35.9 Å². The molecule has 174 valence electrons. The quantitative estimate of drug-likeness (QED) is 0.247. The van der Waals surface area contributed by atoms with E-state index in [1.807, 2.05) is 54.6 Å². The maximum Gasteiger partial charge on any atom is 0.261 e. The highest BCUT2D eigenvalue weighted by Crippen LogP contribution is 2.28. The average molecular weight is 449 g/mol. The Labute approximate surface area is 194 Å². The molecule has 0 saturated heterocycles. The lowest BCUT2D eigenvalue weighted by molar-refractivity contribution is -0.118. The Balaban J connectivity index is 1.45. The van der Waals surface area contributed by atoms with Crippen molar-refractivity contribution in [3.63, 3.8) is 0 Å². The summed E-state index contributed by atoms with van der Waals surface area (Å²) in [5, 5.41) is 5.74. The van der Waals surface area contributed by atoms with Crippen molar-refractivity contribution >= 4 is 29.1 Å². The van der Waals surface area contributed by atoms with Crippen LogP contribution in [0, 0.1) is 0 Å². The summed E-state index contributed by atoms with van der Waals surface area (Å²) in [5.41, 5.74) is 6.85. The van der Waals surface area contributed by atoms with Crippen LogP contribution in [0.15, 0.2) is 65.7 Å². The van der Waals surface area contributed by atoms with Gasteiger partial charge in [0.2, 0.25) is 11.8 Å². The zero-order valence-corrected chi connectivity index (χ0v) is 18.9. The molecule has 7 heteroatoms. The Morgan fingerprint density at radius 2 is 1.45 bits per heavy atom. The van der Waals surface area contributed by atoms with E-state index in [4.69, 9.17) is 5.84 Å². The fraction of sp³-hybridized carbons (Fsp3) is 0.346. The number of benzene rings is 2. The number of carbonyl (C=O) groups is 3. The molecule has 1 aliphatic rings. The normalized spacial score (nSPS) is 13.4. The molecule has 2 aromatic carbocycles. The highest BCUT2D eigenvalue weighted by atomic mass is 16.2. The molecule has 3 amide bonds. The van der Waals surface area contributed by atoms with E-state index >= 15 is 0 Å². The van der Waals surface area contributed by atoms with Crippen molar-refractivity contribution in [3.8, 4) is 0 Å². The van der Waals surface area contributed by atoms with E-state index in [2.05, 4.69) is 16.1 Å².